The minimum absolute atomic E-state index is 0.114. The van der Waals surface area contributed by atoms with E-state index in [0.717, 1.165) is 28.8 Å². The van der Waals surface area contributed by atoms with Gasteiger partial charge < -0.3 is 16.0 Å². The average molecular weight is 338 g/mol. The summed E-state index contributed by atoms with van der Waals surface area (Å²) in [5, 5.41) is 2.87. The van der Waals surface area contributed by atoms with E-state index in [-0.39, 0.29) is 5.91 Å². The van der Waals surface area contributed by atoms with Gasteiger partial charge in [0.1, 0.15) is 6.04 Å². The summed E-state index contributed by atoms with van der Waals surface area (Å²) in [4.78, 5) is 14.1. The van der Waals surface area contributed by atoms with Crippen molar-refractivity contribution in [1.29, 1.82) is 0 Å². The molecule has 1 aromatic rings. The van der Waals surface area contributed by atoms with Crippen LogP contribution in [0.15, 0.2) is 16.6 Å². The number of halogens is 1. The highest BCUT2D eigenvalue weighted by Gasteiger charge is 2.29. The van der Waals surface area contributed by atoms with Crippen molar-refractivity contribution < 1.29 is 4.79 Å². The molecule has 3 rings (SSSR count). The second-order valence-corrected chi connectivity index (χ2v) is 6.47. The summed E-state index contributed by atoms with van der Waals surface area (Å²) in [5.74, 6) is -0.114. The van der Waals surface area contributed by atoms with Crippen molar-refractivity contribution in [2.75, 3.05) is 23.3 Å². The minimum atomic E-state index is -0.539. The highest BCUT2D eigenvalue weighted by atomic mass is 79.9. The summed E-state index contributed by atoms with van der Waals surface area (Å²) in [7, 11) is 0. The number of carbonyl (C=O) groups is 1. The van der Waals surface area contributed by atoms with E-state index in [1.54, 1.807) is 0 Å². The average Bonchev–Trinajstić information content (AvgIpc) is 2.65. The van der Waals surface area contributed by atoms with Crippen LogP contribution in [0.3, 0.4) is 0 Å². The number of fused-ring (bicyclic) bond motifs is 1. The van der Waals surface area contributed by atoms with Gasteiger partial charge in [-0.2, -0.15) is 0 Å². The Balaban J connectivity index is 1.90. The minimum Gasteiger partial charge on any atom is -0.371 e. The zero-order chi connectivity index (χ0) is 14.1. The maximum absolute atomic E-state index is 11.7. The predicted octanol–water partition coefficient (Wildman–Crippen LogP) is 3.17. The molecule has 108 valence electrons. The summed E-state index contributed by atoms with van der Waals surface area (Å²) >= 11 is 3.64. The van der Waals surface area contributed by atoms with Crippen LogP contribution in [-0.2, 0) is 4.79 Å². The molecule has 1 saturated heterocycles. The van der Waals surface area contributed by atoms with Crippen LogP contribution in [0.2, 0.25) is 0 Å². The van der Waals surface area contributed by atoms with E-state index in [2.05, 4.69) is 32.2 Å². The van der Waals surface area contributed by atoms with Crippen LogP contribution in [0.4, 0.5) is 11.4 Å². The fraction of sp³-hybridized carbons (Fsp3) is 0.533. The summed E-state index contributed by atoms with van der Waals surface area (Å²) in [6.07, 6.45) is 6.43. The van der Waals surface area contributed by atoms with Crippen LogP contribution in [0, 0.1) is 0 Å². The van der Waals surface area contributed by atoms with Crippen molar-refractivity contribution in [3.8, 4) is 0 Å². The second kappa shape index (κ2) is 5.74. The standard InChI is InChI=1S/C15H20BrN3O/c16-11-8-10-12(18-15(20)14(10)17)9-13(11)19-6-4-2-1-3-5-7-19/h8-9,14H,1-7,17H2,(H,18,20). The van der Waals surface area contributed by atoms with E-state index in [0.29, 0.717) is 0 Å². The number of anilines is 2. The monoisotopic (exact) mass is 337 g/mol. The third-order valence-corrected chi connectivity index (χ3v) is 4.83. The number of nitrogens with two attached hydrogens (primary N) is 1. The molecule has 1 unspecified atom stereocenters. The molecule has 0 radical (unpaired) electrons. The molecule has 3 N–H and O–H groups in total. The van der Waals surface area contributed by atoms with Gasteiger partial charge in [-0.15, -0.1) is 0 Å². The third kappa shape index (κ3) is 2.56. The van der Waals surface area contributed by atoms with Crippen molar-refractivity contribution in [3.05, 3.63) is 22.2 Å². The van der Waals surface area contributed by atoms with Gasteiger partial charge in [0.25, 0.3) is 0 Å². The van der Waals surface area contributed by atoms with Crippen molar-refractivity contribution in [1.82, 2.24) is 0 Å². The molecule has 5 heteroatoms. The van der Waals surface area contributed by atoms with Crippen molar-refractivity contribution in [3.63, 3.8) is 0 Å². The van der Waals surface area contributed by atoms with Gasteiger partial charge in [0, 0.05) is 28.8 Å². The summed E-state index contributed by atoms with van der Waals surface area (Å²) in [5.41, 5.74) is 8.80. The molecular weight excluding hydrogens is 318 g/mol. The lowest BCUT2D eigenvalue weighted by atomic mass is 10.1. The van der Waals surface area contributed by atoms with E-state index in [1.165, 1.54) is 37.8 Å². The van der Waals surface area contributed by atoms with Gasteiger partial charge in [-0.05, 0) is 40.9 Å². The molecular formula is C15H20BrN3O. The van der Waals surface area contributed by atoms with Crippen LogP contribution >= 0.6 is 15.9 Å². The van der Waals surface area contributed by atoms with E-state index < -0.39 is 6.04 Å². The van der Waals surface area contributed by atoms with Crippen LogP contribution in [0.25, 0.3) is 0 Å². The number of benzene rings is 1. The molecule has 4 nitrogen and oxygen atoms in total. The molecule has 0 spiro atoms. The Hall–Kier alpha value is -1.07. The SMILES string of the molecule is NC1C(=O)Nc2cc(N3CCCCCCC3)c(Br)cc21. The molecule has 1 amide bonds. The fourth-order valence-corrected chi connectivity index (χ4v) is 3.64. The van der Waals surface area contributed by atoms with Crippen LogP contribution in [-0.4, -0.2) is 19.0 Å². The lowest BCUT2D eigenvalue weighted by molar-refractivity contribution is -0.116. The van der Waals surface area contributed by atoms with Gasteiger partial charge in [-0.25, -0.2) is 0 Å². The first-order chi connectivity index (χ1) is 9.66. The first kappa shape index (κ1) is 13.9. The molecule has 1 fully saturated rings. The van der Waals surface area contributed by atoms with Crippen LogP contribution in [0.5, 0.6) is 0 Å². The largest absolute Gasteiger partial charge is 0.371 e. The first-order valence-electron chi connectivity index (χ1n) is 7.31. The number of amides is 1. The number of rotatable bonds is 1. The summed E-state index contributed by atoms with van der Waals surface area (Å²) in [6, 6.07) is 3.51. The molecule has 1 atom stereocenters. The smallest absolute Gasteiger partial charge is 0.245 e. The molecule has 1 aromatic carbocycles. The number of hydrogen-bond donors (Lipinski definition) is 2. The first-order valence-corrected chi connectivity index (χ1v) is 8.11. The van der Waals surface area contributed by atoms with E-state index in [1.807, 2.05) is 6.07 Å². The van der Waals surface area contributed by atoms with E-state index in [9.17, 15) is 4.79 Å². The highest BCUT2D eigenvalue weighted by Crippen LogP contribution is 2.38. The Morgan fingerprint density at radius 2 is 1.80 bits per heavy atom. The zero-order valence-corrected chi connectivity index (χ0v) is 13.1. The Bertz CT molecular complexity index is 524. The van der Waals surface area contributed by atoms with Gasteiger partial charge in [0.15, 0.2) is 0 Å². The zero-order valence-electron chi connectivity index (χ0n) is 11.5. The fourth-order valence-electron chi connectivity index (χ4n) is 3.03. The Kier molecular flexibility index (Phi) is 3.98. The Morgan fingerprint density at radius 1 is 1.15 bits per heavy atom. The van der Waals surface area contributed by atoms with Crippen LogP contribution < -0.4 is 16.0 Å². The predicted molar refractivity (Wildman–Crippen MR) is 85.0 cm³/mol. The van der Waals surface area contributed by atoms with Gasteiger partial charge in [-0.1, -0.05) is 19.3 Å². The Morgan fingerprint density at radius 3 is 2.50 bits per heavy atom. The van der Waals surface area contributed by atoms with Gasteiger partial charge in [0.05, 0.1) is 5.69 Å². The van der Waals surface area contributed by atoms with Gasteiger partial charge in [-0.3, -0.25) is 4.79 Å². The number of hydrogen-bond acceptors (Lipinski definition) is 3. The van der Waals surface area contributed by atoms with Crippen molar-refractivity contribution in [2.45, 2.75) is 38.1 Å². The molecule has 2 heterocycles. The van der Waals surface area contributed by atoms with E-state index >= 15 is 0 Å². The lowest BCUT2D eigenvalue weighted by Crippen LogP contribution is -2.27. The molecule has 20 heavy (non-hydrogen) atoms. The van der Waals surface area contributed by atoms with Crippen molar-refractivity contribution in [2.24, 2.45) is 5.73 Å². The van der Waals surface area contributed by atoms with Crippen molar-refractivity contribution >= 4 is 33.2 Å². The molecule has 0 bridgehead atoms. The molecule has 2 aliphatic heterocycles. The summed E-state index contributed by atoms with van der Waals surface area (Å²) < 4.78 is 1.03. The highest BCUT2D eigenvalue weighted by molar-refractivity contribution is 9.10. The van der Waals surface area contributed by atoms with Crippen LogP contribution in [0.1, 0.15) is 43.7 Å². The third-order valence-electron chi connectivity index (χ3n) is 4.19. The molecule has 2 aliphatic rings. The Labute approximate surface area is 127 Å². The summed E-state index contributed by atoms with van der Waals surface area (Å²) in [6.45, 7) is 2.16. The number of nitrogens with zero attached hydrogens (tertiary/aromatic N) is 1. The second-order valence-electron chi connectivity index (χ2n) is 5.61. The topological polar surface area (TPSA) is 58.4 Å². The normalized spacial score (nSPS) is 23.0. The molecule has 0 aromatic heterocycles. The molecule has 0 aliphatic carbocycles. The quantitative estimate of drug-likeness (QED) is 0.827. The molecule has 0 saturated carbocycles. The lowest BCUT2D eigenvalue weighted by Gasteiger charge is -2.28. The maximum Gasteiger partial charge on any atom is 0.245 e. The number of nitrogens with one attached hydrogen (secondary N) is 1. The maximum atomic E-state index is 11.7. The van der Waals surface area contributed by atoms with Gasteiger partial charge in [0.2, 0.25) is 5.91 Å². The van der Waals surface area contributed by atoms with E-state index in [4.69, 9.17) is 5.73 Å². The number of carbonyl (C=O) groups excluding carboxylic acids is 1. The van der Waals surface area contributed by atoms with Gasteiger partial charge >= 0.3 is 0 Å².